The lowest BCUT2D eigenvalue weighted by atomic mass is 9.57. The molecule has 0 bridgehead atoms. The van der Waals surface area contributed by atoms with E-state index in [9.17, 15) is 0 Å². The first kappa shape index (κ1) is 18.8. The number of halogens is 1. The monoisotopic (exact) mass is 428 g/mol. The molecule has 2 heteroatoms. The van der Waals surface area contributed by atoms with Gasteiger partial charge in [0.2, 0.25) is 0 Å². The van der Waals surface area contributed by atoms with Crippen LogP contribution in [0.2, 0.25) is 0 Å². The highest BCUT2D eigenvalue weighted by molar-refractivity contribution is 8.04. The molecule has 6 rings (SSSR count). The number of hydrogen-bond donors (Lipinski definition) is 0. The first-order valence-corrected chi connectivity index (χ1v) is 12.1. The van der Waals surface area contributed by atoms with Gasteiger partial charge in [0.15, 0.2) is 0 Å². The zero-order valence-corrected chi connectivity index (χ0v) is 18.9. The number of hydrogen-bond acceptors (Lipinski definition) is 1. The fourth-order valence-corrected chi connectivity index (χ4v) is 7.92. The molecule has 1 heterocycles. The first-order valence-electron chi connectivity index (χ1n) is 10.9. The van der Waals surface area contributed by atoms with E-state index in [1.165, 1.54) is 38.3 Å². The Morgan fingerprint density at radius 1 is 1.03 bits per heavy atom. The summed E-state index contributed by atoms with van der Waals surface area (Å²) in [5.41, 5.74) is 8.44. The Morgan fingerprint density at radius 3 is 2.67 bits per heavy atom. The lowest BCUT2D eigenvalue weighted by Crippen LogP contribution is -2.49. The number of rotatable bonds is 0. The van der Waals surface area contributed by atoms with Crippen LogP contribution in [0, 0.1) is 5.92 Å². The van der Waals surface area contributed by atoms with Crippen molar-refractivity contribution in [3.8, 4) is 11.1 Å². The smallest absolute Gasteiger partial charge is 0.0760 e. The van der Waals surface area contributed by atoms with E-state index in [0.29, 0.717) is 5.92 Å². The topological polar surface area (TPSA) is 0 Å². The maximum Gasteiger partial charge on any atom is 0.0760 e. The highest BCUT2D eigenvalue weighted by Gasteiger charge is 2.54. The normalized spacial score (nSPS) is 33.5. The second kappa shape index (κ2) is 6.52. The molecule has 0 nitrogen and oxygen atoms in total. The third-order valence-electron chi connectivity index (χ3n) is 7.33. The van der Waals surface area contributed by atoms with Gasteiger partial charge >= 0.3 is 0 Å². The summed E-state index contributed by atoms with van der Waals surface area (Å²) in [4.78, 5) is 1.16. The van der Waals surface area contributed by atoms with Crippen LogP contribution in [-0.4, -0.2) is 10.1 Å². The number of benzene rings is 2. The van der Waals surface area contributed by atoms with Gasteiger partial charge in [0, 0.05) is 5.41 Å². The molecular weight excluding hydrogens is 404 g/mol. The second-order valence-corrected chi connectivity index (χ2v) is 11.2. The summed E-state index contributed by atoms with van der Waals surface area (Å²) < 4.78 is 0. The molecule has 4 aliphatic rings. The zero-order valence-electron chi connectivity index (χ0n) is 17.4. The molecular formula is C28H25ClS. The number of fused-ring (bicyclic) bond motifs is 7. The van der Waals surface area contributed by atoms with Gasteiger partial charge in [-0.25, -0.2) is 0 Å². The van der Waals surface area contributed by atoms with Crippen molar-refractivity contribution in [3.63, 3.8) is 0 Å². The highest BCUT2D eigenvalue weighted by Crippen LogP contribution is 2.63. The van der Waals surface area contributed by atoms with Crippen molar-refractivity contribution in [3.05, 3.63) is 106 Å². The van der Waals surface area contributed by atoms with Crippen LogP contribution in [0.25, 0.3) is 11.1 Å². The number of alkyl halides is 1. The van der Waals surface area contributed by atoms with Gasteiger partial charge in [-0.15, -0.1) is 23.4 Å². The molecule has 0 amide bonds. The molecule has 0 radical (unpaired) electrons. The summed E-state index contributed by atoms with van der Waals surface area (Å²) >= 11 is 9.18. The Kier molecular flexibility index (Phi) is 4.08. The molecule has 4 unspecified atom stereocenters. The predicted octanol–water partition coefficient (Wildman–Crippen LogP) is 7.61. The van der Waals surface area contributed by atoms with Gasteiger partial charge in [0.1, 0.15) is 0 Å². The Hall–Kier alpha value is -1.96. The van der Waals surface area contributed by atoms with E-state index in [1.807, 2.05) is 11.8 Å². The van der Waals surface area contributed by atoms with Crippen LogP contribution in [0.4, 0.5) is 0 Å². The Balaban J connectivity index is 1.73. The lowest BCUT2D eigenvalue weighted by Gasteiger charge is -2.53. The summed E-state index contributed by atoms with van der Waals surface area (Å²) in [6.07, 6.45) is 13.7. The van der Waals surface area contributed by atoms with E-state index >= 15 is 0 Å². The lowest BCUT2D eigenvalue weighted by molar-refractivity contribution is 0.525. The first-order chi connectivity index (χ1) is 14.5. The minimum Gasteiger partial charge on any atom is -0.120 e. The zero-order chi connectivity index (χ0) is 20.5. The van der Waals surface area contributed by atoms with Crippen molar-refractivity contribution >= 4 is 23.4 Å². The Labute approximate surface area is 188 Å². The Morgan fingerprint density at radius 2 is 1.80 bits per heavy atom. The molecule has 30 heavy (non-hydrogen) atoms. The van der Waals surface area contributed by atoms with Crippen LogP contribution in [0.3, 0.4) is 0 Å². The van der Waals surface area contributed by atoms with Crippen LogP contribution in [-0.2, 0) is 11.8 Å². The minimum atomic E-state index is -0.382. The molecule has 1 spiro atoms. The molecule has 0 saturated carbocycles. The van der Waals surface area contributed by atoms with E-state index in [2.05, 4.69) is 92.8 Å². The fourth-order valence-electron chi connectivity index (χ4n) is 5.93. The second-order valence-electron chi connectivity index (χ2n) is 9.23. The largest absolute Gasteiger partial charge is 0.120 e. The molecule has 150 valence electrons. The van der Waals surface area contributed by atoms with Crippen LogP contribution in [0.15, 0.2) is 95.0 Å². The van der Waals surface area contributed by atoms with Gasteiger partial charge in [-0.05, 0) is 64.0 Å². The average Bonchev–Trinajstić information content (AvgIpc) is 2.75. The van der Waals surface area contributed by atoms with E-state index in [4.69, 9.17) is 11.6 Å². The standard InChI is InChI=1S/C28H25ClS/c1-18-9-7-14-23-25(18)30-26-24(15-8-16-27(26,2)29)28(23)17-19-10-3-4-11-20(19)21-12-5-6-13-22(21)28/h3-8,10-16,18,26H,9,17H2,1-2H3. The van der Waals surface area contributed by atoms with Gasteiger partial charge in [0.05, 0.1) is 10.1 Å². The Bertz CT molecular complexity index is 1180. The number of allylic oxidation sites excluding steroid dienone is 7. The van der Waals surface area contributed by atoms with Crippen LogP contribution >= 0.6 is 23.4 Å². The summed E-state index contributed by atoms with van der Waals surface area (Å²) in [5, 5.41) is 0.246. The van der Waals surface area contributed by atoms with Crippen molar-refractivity contribution in [2.24, 2.45) is 5.92 Å². The fraction of sp³-hybridized carbons (Fsp3) is 0.286. The van der Waals surface area contributed by atoms with Crippen molar-refractivity contribution in [1.82, 2.24) is 0 Å². The molecule has 2 aromatic rings. The summed E-state index contributed by atoms with van der Waals surface area (Å²) in [5.74, 6) is 0.538. The average molecular weight is 429 g/mol. The molecule has 0 saturated heterocycles. The van der Waals surface area contributed by atoms with Crippen molar-refractivity contribution in [2.75, 3.05) is 0 Å². The number of thioether (sulfide) groups is 1. The molecule has 0 N–H and O–H groups in total. The maximum atomic E-state index is 7.17. The van der Waals surface area contributed by atoms with Gasteiger partial charge < -0.3 is 0 Å². The third kappa shape index (κ3) is 2.43. The van der Waals surface area contributed by atoms with E-state index < -0.39 is 0 Å². The molecule has 4 atom stereocenters. The van der Waals surface area contributed by atoms with Crippen molar-refractivity contribution in [2.45, 2.75) is 42.2 Å². The van der Waals surface area contributed by atoms with Gasteiger partial charge in [-0.3, -0.25) is 0 Å². The molecule has 1 aliphatic heterocycles. The maximum absolute atomic E-state index is 7.17. The van der Waals surface area contributed by atoms with Gasteiger partial charge in [0.25, 0.3) is 0 Å². The van der Waals surface area contributed by atoms with Crippen LogP contribution < -0.4 is 0 Å². The molecule has 3 aliphatic carbocycles. The van der Waals surface area contributed by atoms with Gasteiger partial charge in [-0.1, -0.05) is 85.8 Å². The third-order valence-corrected chi connectivity index (χ3v) is 9.66. The molecule has 0 fully saturated rings. The summed E-state index contributed by atoms with van der Waals surface area (Å²) in [6.45, 7) is 4.56. The van der Waals surface area contributed by atoms with Gasteiger partial charge in [-0.2, -0.15) is 0 Å². The van der Waals surface area contributed by atoms with E-state index in [1.54, 1.807) is 0 Å². The SMILES string of the molecule is CC1CC=CC2=C1SC1C(=CC=CC1(C)Cl)C21Cc2ccccc2-c2ccccc21. The quantitative estimate of drug-likeness (QED) is 0.389. The predicted molar refractivity (Wildman–Crippen MR) is 130 cm³/mol. The van der Waals surface area contributed by atoms with Crippen LogP contribution in [0.1, 0.15) is 31.4 Å². The van der Waals surface area contributed by atoms with Crippen molar-refractivity contribution in [1.29, 1.82) is 0 Å². The van der Waals surface area contributed by atoms with Crippen LogP contribution in [0.5, 0.6) is 0 Å². The van der Waals surface area contributed by atoms with E-state index in [0.717, 1.165) is 12.8 Å². The minimum absolute atomic E-state index is 0.151. The van der Waals surface area contributed by atoms with Crippen molar-refractivity contribution < 1.29 is 0 Å². The summed E-state index contributed by atoms with van der Waals surface area (Å²) in [7, 11) is 0. The molecule has 0 aromatic heterocycles. The summed E-state index contributed by atoms with van der Waals surface area (Å²) in [6, 6.07) is 18.0. The van der Waals surface area contributed by atoms with E-state index in [-0.39, 0.29) is 15.5 Å². The molecule has 2 aromatic carbocycles. The highest BCUT2D eigenvalue weighted by atomic mass is 35.5.